The first-order valence-electron chi connectivity index (χ1n) is 3.26. The van der Waals surface area contributed by atoms with Crippen molar-refractivity contribution in [3.8, 4) is 6.07 Å². The summed E-state index contributed by atoms with van der Waals surface area (Å²) >= 11 is 0. The molecule has 0 aliphatic heterocycles. The van der Waals surface area contributed by atoms with Gasteiger partial charge in [-0.05, 0) is 12.1 Å². The number of hydrogen-bond acceptors (Lipinski definition) is 3. The third-order valence-corrected chi connectivity index (χ3v) is 1.54. The minimum Gasteiger partial charge on any atom is -0.355 e. The van der Waals surface area contributed by atoms with Gasteiger partial charge in [0.1, 0.15) is 11.9 Å². The van der Waals surface area contributed by atoms with Gasteiger partial charge >= 0.3 is 0 Å². The highest BCUT2D eigenvalue weighted by Crippen LogP contribution is 2.18. The van der Waals surface area contributed by atoms with Crippen LogP contribution in [0.3, 0.4) is 0 Å². The second kappa shape index (κ2) is 2.31. The summed E-state index contributed by atoms with van der Waals surface area (Å²) in [6.45, 7) is 0. The van der Waals surface area contributed by atoms with Crippen LogP contribution in [0, 0.1) is 17.1 Å². The van der Waals surface area contributed by atoms with Crippen molar-refractivity contribution in [3.05, 3.63) is 29.7 Å². The van der Waals surface area contributed by atoms with Gasteiger partial charge < -0.3 is 4.52 Å². The van der Waals surface area contributed by atoms with Crippen molar-refractivity contribution in [2.75, 3.05) is 0 Å². The Kier molecular flexibility index (Phi) is 1.31. The Labute approximate surface area is 67.0 Å². The maximum absolute atomic E-state index is 12.6. The van der Waals surface area contributed by atoms with Crippen molar-refractivity contribution in [2.45, 2.75) is 0 Å². The fraction of sp³-hybridized carbons (Fsp3) is 0. The van der Waals surface area contributed by atoms with Crippen LogP contribution < -0.4 is 0 Å². The molecule has 0 amide bonds. The van der Waals surface area contributed by atoms with E-state index in [1.54, 1.807) is 0 Å². The molecule has 12 heavy (non-hydrogen) atoms. The standard InChI is InChI=1S/C8H3FN2O/c9-5-1-2-6-7(4-10)11-12-8(6)3-5/h1-3H. The number of fused-ring (bicyclic) bond motifs is 1. The summed E-state index contributed by atoms with van der Waals surface area (Å²) in [6, 6.07) is 5.78. The number of nitriles is 1. The molecule has 2 rings (SSSR count). The van der Waals surface area contributed by atoms with E-state index in [-0.39, 0.29) is 5.69 Å². The highest BCUT2D eigenvalue weighted by Gasteiger charge is 2.06. The zero-order chi connectivity index (χ0) is 8.55. The van der Waals surface area contributed by atoms with Crippen LogP contribution in [0.5, 0.6) is 0 Å². The Balaban J connectivity index is 2.84. The first-order chi connectivity index (χ1) is 5.81. The summed E-state index contributed by atoms with van der Waals surface area (Å²) in [5.74, 6) is -0.400. The molecule has 3 nitrogen and oxygen atoms in total. The Morgan fingerprint density at radius 3 is 3.08 bits per heavy atom. The highest BCUT2D eigenvalue weighted by molar-refractivity contribution is 5.81. The molecule has 2 aromatic rings. The van der Waals surface area contributed by atoms with Crippen molar-refractivity contribution in [3.63, 3.8) is 0 Å². The minimum atomic E-state index is -0.400. The molecule has 0 N–H and O–H groups in total. The van der Waals surface area contributed by atoms with Crippen molar-refractivity contribution >= 4 is 11.0 Å². The van der Waals surface area contributed by atoms with E-state index in [1.165, 1.54) is 18.2 Å². The van der Waals surface area contributed by atoms with E-state index in [0.29, 0.717) is 11.0 Å². The molecule has 0 saturated heterocycles. The van der Waals surface area contributed by atoms with Gasteiger partial charge in [0.15, 0.2) is 11.3 Å². The summed E-state index contributed by atoms with van der Waals surface area (Å²) in [7, 11) is 0. The summed E-state index contributed by atoms with van der Waals surface area (Å²) in [4.78, 5) is 0. The summed E-state index contributed by atoms with van der Waals surface area (Å²) in [6.07, 6.45) is 0. The number of benzene rings is 1. The Bertz CT molecular complexity index is 469. The van der Waals surface area contributed by atoms with Gasteiger partial charge in [-0.3, -0.25) is 0 Å². The first kappa shape index (κ1) is 6.80. The molecule has 0 fully saturated rings. The predicted octanol–water partition coefficient (Wildman–Crippen LogP) is 1.84. The van der Waals surface area contributed by atoms with E-state index < -0.39 is 5.82 Å². The van der Waals surface area contributed by atoms with Gasteiger partial charge in [-0.2, -0.15) is 5.26 Å². The first-order valence-corrected chi connectivity index (χ1v) is 3.26. The molecule has 0 atom stereocenters. The molecular weight excluding hydrogens is 159 g/mol. The summed E-state index contributed by atoms with van der Waals surface area (Å²) < 4.78 is 17.3. The van der Waals surface area contributed by atoms with Gasteiger partial charge in [0.2, 0.25) is 0 Å². The van der Waals surface area contributed by atoms with Crippen LogP contribution in [0.2, 0.25) is 0 Å². The second-order valence-corrected chi connectivity index (χ2v) is 2.28. The lowest BCUT2D eigenvalue weighted by Crippen LogP contribution is -1.73. The predicted molar refractivity (Wildman–Crippen MR) is 38.7 cm³/mol. The molecule has 58 valence electrons. The van der Waals surface area contributed by atoms with Crippen molar-refractivity contribution < 1.29 is 8.91 Å². The third-order valence-electron chi connectivity index (χ3n) is 1.54. The van der Waals surface area contributed by atoms with Crippen LogP contribution >= 0.6 is 0 Å². The molecule has 0 aliphatic carbocycles. The molecule has 4 heteroatoms. The lowest BCUT2D eigenvalue weighted by molar-refractivity contribution is 0.452. The normalized spacial score (nSPS) is 10.0. The largest absolute Gasteiger partial charge is 0.355 e. The number of nitrogens with zero attached hydrogens (tertiary/aromatic N) is 2. The summed E-state index contributed by atoms with van der Waals surface area (Å²) in [5, 5.41) is 12.5. The number of hydrogen-bond donors (Lipinski definition) is 0. The SMILES string of the molecule is N#Cc1noc2cc(F)ccc12. The molecule has 0 spiro atoms. The Hall–Kier alpha value is -1.89. The van der Waals surface area contributed by atoms with E-state index >= 15 is 0 Å². The van der Waals surface area contributed by atoms with E-state index in [2.05, 4.69) is 5.16 Å². The zero-order valence-corrected chi connectivity index (χ0v) is 5.91. The molecule has 0 saturated carbocycles. The van der Waals surface area contributed by atoms with Crippen LogP contribution in [0.25, 0.3) is 11.0 Å². The van der Waals surface area contributed by atoms with Gasteiger partial charge in [0, 0.05) is 6.07 Å². The van der Waals surface area contributed by atoms with Gasteiger partial charge in [0.05, 0.1) is 5.39 Å². The topological polar surface area (TPSA) is 49.8 Å². The van der Waals surface area contributed by atoms with Gasteiger partial charge in [-0.1, -0.05) is 5.16 Å². The maximum Gasteiger partial charge on any atom is 0.191 e. The summed E-state index contributed by atoms with van der Waals surface area (Å²) in [5.41, 5.74) is 0.483. The fourth-order valence-electron chi connectivity index (χ4n) is 0.992. The van der Waals surface area contributed by atoms with Gasteiger partial charge in [0.25, 0.3) is 0 Å². The number of rotatable bonds is 0. The molecule has 1 aromatic carbocycles. The Morgan fingerprint density at radius 2 is 2.33 bits per heavy atom. The van der Waals surface area contributed by atoms with E-state index in [9.17, 15) is 4.39 Å². The monoisotopic (exact) mass is 162 g/mol. The Morgan fingerprint density at radius 1 is 1.50 bits per heavy atom. The third kappa shape index (κ3) is 0.839. The maximum atomic E-state index is 12.6. The second-order valence-electron chi connectivity index (χ2n) is 2.28. The van der Waals surface area contributed by atoms with E-state index in [0.717, 1.165) is 0 Å². The molecule has 0 unspecified atom stereocenters. The van der Waals surface area contributed by atoms with Gasteiger partial charge in [-0.15, -0.1) is 0 Å². The quantitative estimate of drug-likeness (QED) is 0.593. The van der Waals surface area contributed by atoms with Crippen LogP contribution in [-0.2, 0) is 0 Å². The van der Waals surface area contributed by atoms with Crippen molar-refractivity contribution in [1.29, 1.82) is 5.26 Å². The molecule has 1 aromatic heterocycles. The molecular formula is C8H3FN2O. The minimum absolute atomic E-state index is 0.185. The molecule has 0 bridgehead atoms. The van der Waals surface area contributed by atoms with Crippen LogP contribution in [0.4, 0.5) is 4.39 Å². The van der Waals surface area contributed by atoms with Crippen LogP contribution in [0.1, 0.15) is 5.69 Å². The van der Waals surface area contributed by atoms with Crippen LogP contribution in [-0.4, -0.2) is 5.16 Å². The fourth-order valence-corrected chi connectivity index (χ4v) is 0.992. The highest BCUT2D eigenvalue weighted by atomic mass is 19.1. The van der Waals surface area contributed by atoms with Crippen LogP contribution in [0.15, 0.2) is 22.7 Å². The van der Waals surface area contributed by atoms with Crippen molar-refractivity contribution in [1.82, 2.24) is 5.16 Å². The number of halogens is 1. The molecule has 1 heterocycles. The van der Waals surface area contributed by atoms with Crippen molar-refractivity contribution in [2.24, 2.45) is 0 Å². The van der Waals surface area contributed by atoms with E-state index in [4.69, 9.17) is 9.78 Å². The molecule has 0 aliphatic rings. The van der Waals surface area contributed by atoms with Gasteiger partial charge in [-0.25, -0.2) is 4.39 Å². The average molecular weight is 162 g/mol. The molecule has 0 radical (unpaired) electrons. The number of aromatic nitrogens is 1. The lowest BCUT2D eigenvalue weighted by Gasteiger charge is -1.85. The lowest BCUT2D eigenvalue weighted by atomic mass is 10.2. The zero-order valence-electron chi connectivity index (χ0n) is 5.91. The average Bonchev–Trinajstić information content (AvgIpc) is 2.46. The smallest absolute Gasteiger partial charge is 0.191 e. The van der Waals surface area contributed by atoms with E-state index in [1.807, 2.05) is 6.07 Å².